The van der Waals surface area contributed by atoms with Gasteiger partial charge in [0.05, 0.1) is 6.61 Å². The Morgan fingerprint density at radius 1 is 0.929 bits per heavy atom. The molecular formula is C33H37FN6O2. The van der Waals surface area contributed by atoms with Crippen molar-refractivity contribution in [3.8, 4) is 5.75 Å². The molecule has 9 heteroatoms. The van der Waals surface area contributed by atoms with E-state index in [1.54, 1.807) is 12.1 Å². The first-order chi connectivity index (χ1) is 20.5. The van der Waals surface area contributed by atoms with Crippen molar-refractivity contribution in [2.24, 2.45) is 0 Å². The molecular weight excluding hydrogens is 531 g/mol. The van der Waals surface area contributed by atoms with Crippen LogP contribution in [0.2, 0.25) is 0 Å². The van der Waals surface area contributed by atoms with E-state index in [4.69, 9.17) is 4.74 Å². The summed E-state index contributed by atoms with van der Waals surface area (Å²) < 4.78 is 20.6. The number of carbonyl (C=O) groups is 1. The van der Waals surface area contributed by atoms with Gasteiger partial charge in [-0.05, 0) is 81.6 Å². The van der Waals surface area contributed by atoms with Crippen LogP contribution in [-0.4, -0.2) is 47.0 Å². The molecule has 42 heavy (non-hydrogen) atoms. The second-order valence-electron chi connectivity index (χ2n) is 10.5. The molecule has 4 aromatic rings. The molecule has 1 aliphatic rings. The van der Waals surface area contributed by atoms with E-state index in [0.29, 0.717) is 18.1 Å². The lowest BCUT2D eigenvalue weighted by atomic mass is 10.1. The lowest BCUT2D eigenvalue weighted by Crippen LogP contribution is -2.31. The molecule has 0 atom stereocenters. The molecule has 1 amide bonds. The van der Waals surface area contributed by atoms with E-state index in [9.17, 15) is 9.18 Å². The summed E-state index contributed by atoms with van der Waals surface area (Å²) in [7, 11) is 0. The molecule has 3 N–H and O–H groups in total. The minimum absolute atomic E-state index is 0.213. The second-order valence-corrected chi connectivity index (χ2v) is 10.5. The maximum atomic E-state index is 14.9. The van der Waals surface area contributed by atoms with Gasteiger partial charge in [-0.15, -0.1) is 0 Å². The fourth-order valence-corrected chi connectivity index (χ4v) is 5.03. The molecule has 8 nitrogen and oxygen atoms in total. The number of aromatic nitrogens is 2. The standard InChI is InChI=1S/C33H37FN6O2/c1-23-11-9-12-24(2)30(23)38-32(41)27-22-35-33(39-31(27)36-25-13-5-3-6-14-25)37-26-15-16-29(28(34)21-26)42-20-10-19-40-17-7-4-8-18-40/h3,5-6,9,11-16,21-22H,4,7-8,10,17-20H2,1-2H3,(H,38,41)(H2,35,36,37,39). The van der Waals surface area contributed by atoms with Crippen molar-refractivity contribution < 1.29 is 13.9 Å². The number of piperidine rings is 1. The third kappa shape index (κ3) is 7.61. The topological polar surface area (TPSA) is 91.4 Å². The van der Waals surface area contributed by atoms with Crippen LogP contribution in [0, 0.1) is 19.7 Å². The zero-order valence-electron chi connectivity index (χ0n) is 24.1. The van der Waals surface area contributed by atoms with Gasteiger partial charge >= 0.3 is 0 Å². The average molecular weight is 569 g/mol. The number of benzene rings is 3. The number of rotatable bonds is 11. The highest BCUT2D eigenvalue weighted by Gasteiger charge is 2.18. The normalized spacial score (nSPS) is 13.4. The van der Waals surface area contributed by atoms with Crippen molar-refractivity contribution in [2.75, 3.05) is 42.2 Å². The number of nitrogens with one attached hydrogen (secondary N) is 3. The Balaban J connectivity index is 1.28. The largest absolute Gasteiger partial charge is 0.490 e. The molecule has 218 valence electrons. The Labute approximate surface area is 246 Å². The summed E-state index contributed by atoms with van der Waals surface area (Å²) in [4.78, 5) is 24.7. The predicted molar refractivity (Wildman–Crippen MR) is 166 cm³/mol. The van der Waals surface area contributed by atoms with Gasteiger partial charge in [-0.3, -0.25) is 4.79 Å². The van der Waals surface area contributed by atoms with Gasteiger partial charge in [0.15, 0.2) is 11.6 Å². The van der Waals surface area contributed by atoms with E-state index in [2.05, 4.69) is 30.8 Å². The zero-order valence-corrected chi connectivity index (χ0v) is 24.1. The summed E-state index contributed by atoms with van der Waals surface area (Å²) >= 11 is 0. The number of likely N-dealkylation sites (tertiary alicyclic amines) is 1. The number of carbonyl (C=O) groups excluding carboxylic acids is 1. The predicted octanol–water partition coefficient (Wildman–Crippen LogP) is 7.23. The van der Waals surface area contributed by atoms with Gasteiger partial charge < -0.3 is 25.6 Å². The molecule has 1 fully saturated rings. The van der Waals surface area contributed by atoms with E-state index in [1.165, 1.54) is 31.5 Å². The van der Waals surface area contributed by atoms with Crippen LogP contribution >= 0.6 is 0 Å². The lowest BCUT2D eigenvalue weighted by Gasteiger charge is -2.26. The number of halogens is 1. The Bertz CT molecular complexity index is 1490. The van der Waals surface area contributed by atoms with Crippen molar-refractivity contribution in [1.29, 1.82) is 0 Å². The molecule has 0 aliphatic carbocycles. The highest BCUT2D eigenvalue weighted by molar-refractivity contribution is 6.08. The van der Waals surface area contributed by atoms with Crippen LogP contribution in [0.25, 0.3) is 0 Å². The van der Waals surface area contributed by atoms with Gasteiger partial charge in [0, 0.05) is 35.9 Å². The van der Waals surface area contributed by atoms with Crippen LogP contribution in [-0.2, 0) is 0 Å². The van der Waals surface area contributed by atoms with Crippen LogP contribution < -0.4 is 20.7 Å². The number of nitrogens with zero attached hydrogens (tertiary/aromatic N) is 3. The molecule has 0 unspecified atom stereocenters. The summed E-state index contributed by atoms with van der Waals surface area (Å²) in [5, 5.41) is 9.26. The van der Waals surface area contributed by atoms with Gasteiger partial charge in [-0.25, -0.2) is 9.37 Å². The first-order valence-electron chi connectivity index (χ1n) is 14.4. The second kappa shape index (κ2) is 13.9. The average Bonchev–Trinajstić information content (AvgIpc) is 2.99. The van der Waals surface area contributed by atoms with Crippen LogP contribution in [0.15, 0.2) is 72.9 Å². The molecule has 1 saturated heterocycles. The summed E-state index contributed by atoms with van der Waals surface area (Å²) in [5.41, 5.74) is 4.15. The summed E-state index contributed by atoms with van der Waals surface area (Å²) in [5.74, 6) is -0.0660. The maximum Gasteiger partial charge on any atom is 0.261 e. The summed E-state index contributed by atoms with van der Waals surface area (Å²) in [6.07, 6.45) is 6.12. The molecule has 2 heterocycles. The van der Waals surface area contributed by atoms with E-state index in [-0.39, 0.29) is 23.2 Å². The molecule has 3 aromatic carbocycles. The van der Waals surface area contributed by atoms with Gasteiger partial charge in [-0.1, -0.05) is 42.8 Å². The van der Waals surface area contributed by atoms with E-state index in [0.717, 1.165) is 48.6 Å². The number of aryl methyl sites for hydroxylation is 2. The molecule has 0 radical (unpaired) electrons. The van der Waals surface area contributed by atoms with Crippen molar-refractivity contribution >= 4 is 34.7 Å². The number of ether oxygens (including phenoxy) is 1. The molecule has 0 bridgehead atoms. The quantitative estimate of drug-likeness (QED) is 0.165. The van der Waals surface area contributed by atoms with E-state index in [1.807, 2.05) is 62.4 Å². The van der Waals surface area contributed by atoms with Crippen molar-refractivity contribution in [1.82, 2.24) is 14.9 Å². The number of anilines is 5. The number of hydrogen-bond acceptors (Lipinski definition) is 7. The van der Waals surface area contributed by atoms with E-state index >= 15 is 0 Å². The fraction of sp³-hybridized carbons (Fsp3) is 0.303. The Kier molecular flexibility index (Phi) is 9.61. The van der Waals surface area contributed by atoms with Crippen LogP contribution in [0.5, 0.6) is 5.75 Å². The highest BCUT2D eigenvalue weighted by atomic mass is 19.1. The number of hydrogen-bond donors (Lipinski definition) is 3. The van der Waals surface area contributed by atoms with Crippen LogP contribution in [0.4, 0.5) is 33.2 Å². The van der Waals surface area contributed by atoms with Gasteiger partial charge in [-0.2, -0.15) is 4.98 Å². The summed E-state index contributed by atoms with van der Waals surface area (Å²) in [6.45, 7) is 7.59. The van der Waals surface area contributed by atoms with Crippen molar-refractivity contribution in [2.45, 2.75) is 39.5 Å². The highest BCUT2D eigenvalue weighted by Crippen LogP contribution is 2.27. The Morgan fingerprint density at radius 2 is 1.69 bits per heavy atom. The van der Waals surface area contributed by atoms with Gasteiger partial charge in [0.1, 0.15) is 11.4 Å². The maximum absolute atomic E-state index is 14.9. The zero-order chi connectivity index (χ0) is 29.3. The van der Waals surface area contributed by atoms with Crippen molar-refractivity contribution in [3.63, 3.8) is 0 Å². The van der Waals surface area contributed by atoms with Crippen LogP contribution in [0.1, 0.15) is 47.2 Å². The number of amides is 1. The molecule has 0 spiro atoms. The van der Waals surface area contributed by atoms with E-state index < -0.39 is 5.82 Å². The third-order valence-electron chi connectivity index (χ3n) is 7.30. The Hall–Kier alpha value is -4.50. The van der Waals surface area contributed by atoms with Crippen LogP contribution in [0.3, 0.4) is 0 Å². The minimum Gasteiger partial charge on any atom is -0.490 e. The first kappa shape index (κ1) is 29.0. The number of para-hydroxylation sites is 2. The SMILES string of the molecule is Cc1cccc(C)c1NC(=O)c1cnc(Nc2ccc(OCCCN3CCCCC3)c(F)c2)nc1Nc1ccccc1. The van der Waals surface area contributed by atoms with Gasteiger partial charge in [0.2, 0.25) is 5.95 Å². The molecule has 1 aliphatic heterocycles. The Morgan fingerprint density at radius 3 is 2.43 bits per heavy atom. The third-order valence-corrected chi connectivity index (χ3v) is 7.30. The molecule has 5 rings (SSSR count). The lowest BCUT2D eigenvalue weighted by molar-refractivity contribution is 0.102. The van der Waals surface area contributed by atoms with Crippen molar-refractivity contribution in [3.05, 3.63) is 95.4 Å². The van der Waals surface area contributed by atoms with Gasteiger partial charge in [0.25, 0.3) is 5.91 Å². The first-order valence-corrected chi connectivity index (χ1v) is 14.4. The summed E-state index contributed by atoms with van der Waals surface area (Å²) in [6, 6.07) is 20.0. The molecule has 1 aromatic heterocycles. The fourth-order valence-electron chi connectivity index (χ4n) is 5.03. The monoisotopic (exact) mass is 568 g/mol. The minimum atomic E-state index is -0.467. The smallest absolute Gasteiger partial charge is 0.261 e. The molecule has 0 saturated carbocycles.